The van der Waals surface area contributed by atoms with Crippen LogP contribution in [0.5, 0.6) is 5.75 Å². The number of rotatable bonds is 6. The fraction of sp³-hybridized carbons (Fsp3) is 0.476. The summed E-state index contributed by atoms with van der Waals surface area (Å²) in [5, 5.41) is 13.8. The number of carbonyl (C=O) groups is 1. The molecule has 0 spiro atoms. The third kappa shape index (κ3) is 4.13. The van der Waals surface area contributed by atoms with E-state index < -0.39 is 0 Å². The molecule has 2 aromatic rings. The Morgan fingerprint density at radius 1 is 1.33 bits per heavy atom. The third-order valence-corrected chi connectivity index (χ3v) is 4.81. The first-order valence-electron chi connectivity index (χ1n) is 9.46. The van der Waals surface area contributed by atoms with E-state index in [-0.39, 0.29) is 12.0 Å². The monoisotopic (exact) mass is 366 g/mol. The molecule has 0 saturated carbocycles. The molecule has 2 heterocycles. The predicted molar refractivity (Wildman–Crippen MR) is 102 cm³/mol. The van der Waals surface area contributed by atoms with Gasteiger partial charge in [0.15, 0.2) is 0 Å². The van der Waals surface area contributed by atoms with E-state index in [0.717, 1.165) is 24.2 Å². The molecule has 0 radical (unpaired) electrons. The zero-order valence-electron chi connectivity index (χ0n) is 16.4. The van der Waals surface area contributed by atoms with Crippen molar-refractivity contribution < 1.29 is 9.53 Å². The van der Waals surface area contributed by atoms with Crippen LogP contribution in [0.1, 0.15) is 61.3 Å². The van der Waals surface area contributed by atoms with E-state index in [4.69, 9.17) is 4.74 Å². The van der Waals surface area contributed by atoms with Gasteiger partial charge in [0, 0.05) is 24.8 Å². The van der Waals surface area contributed by atoms with Gasteiger partial charge in [0.05, 0.1) is 35.5 Å². The molecular formula is C21H26N4O2. The molecule has 1 amide bonds. The summed E-state index contributed by atoms with van der Waals surface area (Å²) >= 11 is 0. The summed E-state index contributed by atoms with van der Waals surface area (Å²) in [7, 11) is 0. The Kier molecular flexibility index (Phi) is 5.50. The fourth-order valence-corrected chi connectivity index (χ4v) is 3.19. The van der Waals surface area contributed by atoms with Gasteiger partial charge in [-0.1, -0.05) is 20.3 Å². The average molecular weight is 366 g/mol. The van der Waals surface area contributed by atoms with Crippen LogP contribution in [0.3, 0.4) is 0 Å². The van der Waals surface area contributed by atoms with Crippen molar-refractivity contribution in [1.82, 2.24) is 14.7 Å². The number of fused-ring (bicyclic) bond motifs is 1. The van der Waals surface area contributed by atoms with E-state index in [9.17, 15) is 10.1 Å². The Morgan fingerprint density at radius 3 is 2.74 bits per heavy atom. The van der Waals surface area contributed by atoms with Gasteiger partial charge in [-0.05, 0) is 38.0 Å². The van der Waals surface area contributed by atoms with Gasteiger partial charge in [-0.3, -0.25) is 9.48 Å². The van der Waals surface area contributed by atoms with Crippen LogP contribution in [-0.4, -0.2) is 26.7 Å². The van der Waals surface area contributed by atoms with E-state index in [1.807, 2.05) is 24.7 Å². The first-order chi connectivity index (χ1) is 12.9. The number of ether oxygens (including phenoxy) is 1. The van der Waals surface area contributed by atoms with E-state index in [1.54, 1.807) is 23.1 Å². The predicted octanol–water partition coefficient (Wildman–Crippen LogP) is 3.74. The Morgan fingerprint density at radius 2 is 2.11 bits per heavy atom. The Balaban J connectivity index is 1.79. The number of carbonyl (C=O) groups excluding carboxylic acids is 1. The van der Waals surface area contributed by atoms with E-state index in [0.29, 0.717) is 35.9 Å². The van der Waals surface area contributed by atoms with Crippen LogP contribution < -0.4 is 4.74 Å². The summed E-state index contributed by atoms with van der Waals surface area (Å²) in [4.78, 5) is 14.9. The van der Waals surface area contributed by atoms with Gasteiger partial charge < -0.3 is 9.64 Å². The molecule has 3 rings (SSSR count). The van der Waals surface area contributed by atoms with Crippen LogP contribution in [0.15, 0.2) is 24.4 Å². The molecule has 1 aliphatic heterocycles. The lowest BCUT2D eigenvalue weighted by molar-refractivity contribution is 0.0742. The number of nitrogens with zero attached hydrogens (tertiary/aromatic N) is 4. The van der Waals surface area contributed by atoms with Gasteiger partial charge >= 0.3 is 0 Å². The van der Waals surface area contributed by atoms with Gasteiger partial charge in [-0.15, -0.1) is 0 Å². The molecule has 0 N–H and O–H groups in total. The van der Waals surface area contributed by atoms with Crippen LogP contribution in [0.2, 0.25) is 0 Å². The highest BCUT2D eigenvalue weighted by molar-refractivity contribution is 5.97. The molecule has 0 fully saturated rings. The van der Waals surface area contributed by atoms with Crippen molar-refractivity contribution in [3.63, 3.8) is 0 Å². The van der Waals surface area contributed by atoms with Crippen LogP contribution in [0, 0.1) is 17.2 Å². The molecule has 0 saturated heterocycles. The van der Waals surface area contributed by atoms with Crippen LogP contribution in [0.25, 0.3) is 0 Å². The van der Waals surface area contributed by atoms with E-state index in [1.165, 1.54) is 0 Å². The summed E-state index contributed by atoms with van der Waals surface area (Å²) in [5.74, 6) is 0.960. The largest absolute Gasteiger partial charge is 0.490 e. The average Bonchev–Trinajstić information content (AvgIpc) is 3.19. The second-order valence-electron chi connectivity index (χ2n) is 7.49. The first kappa shape index (κ1) is 19.0. The molecule has 0 bridgehead atoms. The van der Waals surface area contributed by atoms with Gasteiger partial charge in [-0.2, -0.15) is 10.4 Å². The number of nitriles is 1. The molecule has 1 atom stereocenters. The standard InChI is InChI=1S/C21H26N4O2/c1-5-15(4)10-25-12-17-11-24(13-19(17)23-25)21(26)18-8-16(9-22)6-7-20(18)27-14(2)3/h6-8,12,14-15H,5,10-11,13H2,1-4H3. The van der Waals surface area contributed by atoms with Gasteiger partial charge in [0.1, 0.15) is 5.75 Å². The minimum atomic E-state index is -0.130. The normalized spacial score (nSPS) is 14.1. The lowest BCUT2D eigenvalue weighted by atomic mass is 10.1. The highest BCUT2D eigenvalue weighted by atomic mass is 16.5. The Bertz CT molecular complexity index is 855. The third-order valence-electron chi connectivity index (χ3n) is 4.81. The topological polar surface area (TPSA) is 71.2 Å². The molecule has 1 aromatic carbocycles. The summed E-state index contributed by atoms with van der Waals surface area (Å²) in [6.45, 7) is 10.1. The lowest BCUT2D eigenvalue weighted by Crippen LogP contribution is -2.27. The van der Waals surface area contributed by atoms with Crippen molar-refractivity contribution in [3.8, 4) is 11.8 Å². The molecule has 6 nitrogen and oxygen atoms in total. The molecule has 1 aliphatic rings. The molecular weight excluding hydrogens is 340 g/mol. The van der Waals surface area contributed by atoms with Crippen LogP contribution in [0.4, 0.5) is 0 Å². The van der Waals surface area contributed by atoms with Crippen molar-refractivity contribution in [3.05, 3.63) is 46.8 Å². The smallest absolute Gasteiger partial charge is 0.258 e. The maximum absolute atomic E-state index is 13.1. The van der Waals surface area contributed by atoms with Crippen molar-refractivity contribution in [2.75, 3.05) is 0 Å². The second-order valence-corrected chi connectivity index (χ2v) is 7.49. The van der Waals surface area contributed by atoms with E-state index in [2.05, 4.69) is 25.0 Å². The maximum atomic E-state index is 13.1. The quantitative estimate of drug-likeness (QED) is 0.781. The van der Waals surface area contributed by atoms with Crippen molar-refractivity contribution >= 4 is 5.91 Å². The van der Waals surface area contributed by atoms with Gasteiger partial charge in [0.2, 0.25) is 0 Å². The highest BCUT2D eigenvalue weighted by Crippen LogP contribution is 2.28. The zero-order chi connectivity index (χ0) is 19.6. The summed E-state index contributed by atoms with van der Waals surface area (Å²) < 4.78 is 7.77. The fourth-order valence-electron chi connectivity index (χ4n) is 3.19. The second kappa shape index (κ2) is 7.83. The number of benzene rings is 1. The van der Waals surface area contributed by atoms with Gasteiger partial charge in [-0.25, -0.2) is 0 Å². The molecule has 142 valence electrons. The van der Waals surface area contributed by atoms with Gasteiger partial charge in [0.25, 0.3) is 5.91 Å². The van der Waals surface area contributed by atoms with Crippen molar-refractivity contribution in [2.24, 2.45) is 5.92 Å². The summed E-state index contributed by atoms with van der Waals surface area (Å²) in [6, 6.07) is 7.08. The van der Waals surface area contributed by atoms with Crippen molar-refractivity contribution in [2.45, 2.75) is 59.9 Å². The number of aromatic nitrogens is 2. The Labute approximate surface area is 160 Å². The number of hydrogen-bond acceptors (Lipinski definition) is 4. The SMILES string of the molecule is CCC(C)Cn1cc2c(n1)CN(C(=O)c1cc(C#N)ccc1OC(C)C)C2. The zero-order valence-corrected chi connectivity index (χ0v) is 16.4. The minimum Gasteiger partial charge on any atom is -0.490 e. The number of hydrogen-bond donors (Lipinski definition) is 0. The lowest BCUT2D eigenvalue weighted by Gasteiger charge is -2.19. The molecule has 1 unspecified atom stereocenters. The molecule has 0 aliphatic carbocycles. The highest BCUT2D eigenvalue weighted by Gasteiger charge is 2.29. The molecule has 6 heteroatoms. The number of amides is 1. The Hall–Kier alpha value is -2.81. The minimum absolute atomic E-state index is 0.0522. The maximum Gasteiger partial charge on any atom is 0.258 e. The van der Waals surface area contributed by atoms with Crippen LogP contribution >= 0.6 is 0 Å². The van der Waals surface area contributed by atoms with E-state index >= 15 is 0 Å². The molecule has 27 heavy (non-hydrogen) atoms. The van der Waals surface area contributed by atoms with Crippen LogP contribution in [-0.2, 0) is 19.6 Å². The van der Waals surface area contributed by atoms with Crippen molar-refractivity contribution in [1.29, 1.82) is 5.26 Å². The summed E-state index contributed by atoms with van der Waals surface area (Å²) in [6.07, 6.45) is 3.11. The molecule has 1 aromatic heterocycles. The summed E-state index contributed by atoms with van der Waals surface area (Å²) in [5.41, 5.74) is 2.93. The first-order valence-corrected chi connectivity index (χ1v) is 9.46.